The Balaban J connectivity index is 1.38. The summed E-state index contributed by atoms with van der Waals surface area (Å²) in [5, 5.41) is 9.17. The highest BCUT2D eigenvalue weighted by Crippen LogP contribution is 2.43. The van der Waals surface area contributed by atoms with Crippen LogP contribution in [0, 0.1) is 0 Å². The van der Waals surface area contributed by atoms with Gasteiger partial charge in [-0.05, 0) is 43.7 Å². The molecule has 27 heavy (non-hydrogen) atoms. The van der Waals surface area contributed by atoms with Crippen LogP contribution in [0.15, 0.2) is 6.33 Å². The summed E-state index contributed by atoms with van der Waals surface area (Å²) in [6.07, 6.45) is 6.42. The molecule has 1 atom stereocenters. The highest BCUT2D eigenvalue weighted by atomic mass is 32.1. The lowest BCUT2D eigenvalue weighted by Gasteiger charge is -2.26. The number of nitrogens with zero attached hydrogens (tertiary/aromatic N) is 5. The van der Waals surface area contributed by atoms with E-state index in [9.17, 15) is 0 Å². The molecular weight excluding hydrogens is 360 g/mol. The van der Waals surface area contributed by atoms with Crippen molar-refractivity contribution in [2.45, 2.75) is 38.5 Å². The van der Waals surface area contributed by atoms with E-state index in [1.807, 2.05) is 15.9 Å². The van der Waals surface area contributed by atoms with Crippen LogP contribution in [-0.2, 0) is 11.2 Å². The van der Waals surface area contributed by atoms with Gasteiger partial charge in [0.2, 0.25) is 5.95 Å². The van der Waals surface area contributed by atoms with Gasteiger partial charge in [-0.2, -0.15) is 9.61 Å². The first-order valence-electron chi connectivity index (χ1n) is 10.0. The van der Waals surface area contributed by atoms with Crippen LogP contribution in [0.3, 0.4) is 0 Å². The molecule has 4 heterocycles. The predicted molar refractivity (Wildman–Crippen MR) is 108 cm³/mol. The lowest BCUT2D eigenvalue weighted by Crippen LogP contribution is -2.37. The van der Waals surface area contributed by atoms with Gasteiger partial charge < -0.3 is 10.1 Å². The van der Waals surface area contributed by atoms with Gasteiger partial charge in [-0.3, -0.25) is 4.90 Å². The van der Waals surface area contributed by atoms with Crippen molar-refractivity contribution in [3.8, 4) is 0 Å². The number of nitrogens with one attached hydrogen (secondary N) is 1. The summed E-state index contributed by atoms with van der Waals surface area (Å²) in [7, 11) is 0. The summed E-state index contributed by atoms with van der Waals surface area (Å²) in [6, 6.07) is 0. The van der Waals surface area contributed by atoms with Gasteiger partial charge in [0.05, 0.1) is 18.6 Å². The molecule has 1 saturated heterocycles. The second-order valence-electron chi connectivity index (χ2n) is 7.58. The minimum atomic E-state index is 0.581. The minimum Gasteiger partial charge on any atom is -0.379 e. The van der Waals surface area contributed by atoms with Crippen LogP contribution in [-0.4, -0.2) is 63.9 Å². The van der Waals surface area contributed by atoms with Gasteiger partial charge in [0.1, 0.15) is 11.2 Å². The zero-order chi connectivity index (χ0) is 18.2. The van der Waals surface area contributed by atoms with Crippen molar-refractivity contribution >= 4 is 33.1 Å². The van der Waals surface area contributed by atoms with Crippen LogP contribution in [0.25, 0.3) is 15.9 Å². The molecule has 3 aromatic heterocycles. The molecule has 7 nitrogen and oxygen atoms in total. The average molecular weight is 387 g/mol. The first kappa shape index (κ1) is 17.3. The molecule has 1 aliphatic heterocycles. The molecule has 1 fully saturated rings. The van der Waals surface area contributed by atoms with E-state index in [0.717, 1.165) is 62.2 Å². The Morgan fingerprint density at radius 3 is 3.11 bits per heavy atom. The Kier molecular flexibility index (Phi) is 4.71. The average Bonchev–Trinajstić information content (AvgIpc) is 3.30. The van der Waals surface area contributed by atoms with E-state index in [4.69, 9.17) is 9.72 Å². The van der Waals surface area contributed by atoms with Crippen LogP contribution >= 0.6 is 11.3 Å². The van der Waals surface area contributed by atoms with E-state index in [2.05, 4.69) is 27.2 Å². The molecule has 0 radical (unpaired) electrons. The smallest absolute Gasteiger partial charge is 0.227 e. The van der Waals surface area contributed by atoms with E-state index >= 15 is 0 Å². The summed E-state index contributed by atoms with van der Waals surface area (Å²) in [6.45, 7) is 8.08. The maximum absolute atomic E-state index is 5.41. The van der Waals surface area contributed by atoms with E-state index < -0.39 is 0 Å². The van der Waals surface area contributed by atoms with Crippen molar-refractivity contribution in [3.05, 3.63) is 16.8 Å². The van der Waals surface area contributed by atoms with Gasteiger partial charge in [-0.1, -0.05) is 6.92 Å². The third kappa shape index (κ3) is 3.19. The number of thiophene rings is 1. The lowest BCUT2D eigenvalue weighted by molar-refractivity contribution is 0.0378. The largest absolute Gasteiger partial charge is 0.379 e. The highest BCUT2D eigenvalue weighted by molar-refractivity contribution is 7.19. The summed E-state index contributed by atoms with van der Waals surface area (Å²) in [4.78, 5) is 14.6. The normalized spacial score (nSPS) is 21.0. The maximum atomic E-state index is 5.41. The van der Waals surface area contributed by atoms with Gasteiger partial charge in [-0.25, -0.2) is 9.97 Å². The third-order valence-corrected chi connectivity index (χ3v) is 6.91. The molecule has 8 heteroatoms. The molecule has 0 unspecified atom stereocenters. The van der Waals surface area contributed by atoms with Crippen molar-refractivity contribution in [2.24, 2.45) is 0 Å². The number of aryl methyl sites for hydroxylation is 1. The second-order valence-corrected chi connectivity index (χ2v) is 8.66. The number of morpholine rings is 1. The predicted octanol–water partition coefficient (Wildman–Crippen LogP) is 2.91. The second kappa shape index (κ2) is 7.33. The molecule has 0 aromatic carbocycles. The zero-order valence-electron chi connectivity index (χ0n) is 15.8. The number of hydrogen-bond donors (Lipinski definition) is 1. The van der Waals surface area contributed by atoms with Crippen molar-refractivity contribution in [2.75, 3.05) is 44.7 Å². The van der Waals surface area contributed by atoms with E-state index in [-0.39, 0.29) is 0 Å². The van der Waals surface area contributed by atoms with E-state index in [1.54, 1.807) is 6.33 Å². The number of hydrogen-bond acceptors (Lipinski definition) is 7. The molecule has 1 N–H and O–H groups in total. The Hall–Kier alpha value is -1.77. The van der Waals surface area contributed by atoms with Crippen LogP contribution < -0.4 is 5.32 Å². The molecule has 0 bridgehead atoms. The van der Waals surface area contributed by atoms with Gasteiger partial charge in [-0.15, -0.1) is 11.3 Å². The molecule has 144 valence electrons. The molecule has 1 aliphatic carbocycles. The summed E-state index contributed by atoms with van der Waals surface area (Å²) < 4.78 is 7.29. The lowest BCUT2D eigenvalue weighted by atomic mass is 9.87. The number of aromatic nitrogens is 4. The molecule has 5 rings (SSSR count). The summed E-state index contributed by atoms with van der Waals surface area (Å²) >= 11 is 1.84. The van der Waals surface area contributed by atoms with Crippen molar-refractivity contribution in [1.82, 2.24) is 24.5 Å². The first-order valence-corrected chi connectivity index (χ1v) is 10.8. The first-order chi connectivity index (χ1) is 13.3. The fourth-order valence-corrected chi connectivity index (χ4v) is 5.67. The van der Waals surface area contributed by atoms with Crippen LogP contribution in [0.1, 0.15) is 42.5 Å². The fraction of sp³-hybridized carbons (Fsp3) is 0.632. The summed E-state index contributed by atoms with van der Waals surface area (Å²) in [5.41, 5.74) is 2.41. The van der Waals surface area contributed by atoms with Crippen molar-refractivity contribution < 1.29 is 4.74 Å². The topological polar surface area (TPSA) is 67.6 Å². The van der Waals surface area contributed by atoms with Crippen LogP contribution in [0.2, 0.25) is 0 Å². The maximum Gasteiger partial charge on any atom is 0.227 e. The number of anilines is 1. The van der Waals surface area contributed by atoms with Gasteiger partial charge in [0.15, 0.2) is 5.65 Å². The molecular formula is C19H26N6OS. The van der Waals surface area contributed by atoms with Gasteiger partial charge >= 0.3 is 0 Å². The van der Waals surface area contributed by atoms with Crippen molar-refractivity contribution in [1.29, 1.82) is 0 Å². The number of ether oxygens (including phenoxy) is 1. The number of rotatable bonds is 5. The monoisotopic (exact) mass is 386 g/mol. The molecule has 2 aliphatic rings. The molecule has 0 amide bonds. The zero-order valence-corrected chi connectivity index (χ0v) is 16.6. The SMILES string of the molecule is C[C@H]1CCCc2sc3nc(NCCCN4CCOCC4)n4ncnc4c3c21. The van der Waals surface area contributed by atoms with Gasteiger partial charge in [0.25, 0.3) is 0 Å². The fourth-order valence-electron chi connectivity index (χ4n) is 4.34. The highest BCUT2D eigenvalue weighted by Gasteiger charge is 2.25. The quantitative estimate of drug-likeness (QED) is 0.680. The van der Waals surface area contributed by atoms with Gasteiger partial charge in [0, 0.05) is 24.5 Å². The number of fused-ring (bicyclic) bond motifs is 5. The Morgan fingerprint density at radius 1 is 1.33 bits per heavy atom. The van der Waals surface area contributed by atoms with E-state index in [1.165, 1.54) is 35.1 Å². The van der Waals surface area contributed by atoms with Crippen LogP contribution in [0.4, 0.5) is 5.95 Å². The molecule has 3 aromatic rings. The van der Waals surface area contributed by atoms with Crippen molar-refractivity contribution in [3.63, 3.8) is 0 Å². The summed E-state index contributed by atoms with van der Waals surface area (Å²) in [5.74, 6) is 1.39. The third-order valence-electron chi connectivity index (χ3n) is 5.75. The van der Waals surface area contributed by atoms with E-state index in [0.29, 0.717) is 5.92 Å². The molecule has 0 saturated carbocycles. The molecule has 0 spiro atoms. The minimum absolute atomic E-state index is 0.581. The Bertz CT molecular complexity index is 945. The Labute approximate surface area is 162 Å². The standard InChI is InChI=1S/C19H26N6OS/c1-13-4-2-5-14-15(13)16-17-21-12-22-25(17)19(23-18(16)27-14)20-6-3-7-24-8-10-26-11-9-24/h12-13H,2-11H2,1H3,(H,20,23)/t13-/m0/s1. The Morgan fingerprint density at radius 2 is 2.22 bits per heavy atom. The van der Waals surface area contributed by atoms with Crippen LogP contribution in [0.5, 0.6) is 0 Å².